The minimum absolute atomic E-state index is 0.0703. The Balaban J connectivity index is 2.53. The van der Waals surface area contributed by atoms with E-state index in [9.17, 15) is 9.59 Å². The van der Waals surface area contributed by atoms with Crippen LogP contribution in [0.25, 0.3) is 0 Å². The van der Waals surface area contributed by atoms with E-state index in [0.717, 1.165) is 5.75 Å². The molecule has 0 saturated heterocycles. The van der Waals surface area contributed by atoms with Gasteiger partial charge in [0.1, 0.15) is 5.75 Å². The summed E-state index contributed by atoms with van der Waals surface area (Å²) in [6.45, 7) is 2.91. The number of hydrogen-bond donors (Lipinski definition) is 1. The standard InChI is InChI=1S/C14H19NO4/c1-3-19-12-8-6-11(7-9-12)14(18)15(2)10-4-5-13(16)17/h6-9H,3-5,10H2,1-2H3,(H,16,17). The molecule has 5 nitrogen and oxygen atoms in total. The molecule has 0 heterocycles. The molecule has 0 radical (unpaired) electrons. The number of carboxylic acids is 1. The van der Waals surface area contributed by atoms with Gasteiger partial charge >= 0.3 is 5.97 Å². The smallest absolute Gasteiger partial charge is 0.303 e. The van der Waals surface area contributed by atoms with E-state index in [4.69, 9.17) is 9.84 Å². The lowest BCUT2D eigenvalue weighted by Gasteiger charge is -2.16. The first kappa shape index (κ1) is 15.0. The van der Waals surface area contributed by atoms with Crippen LogP contribution in [-0.2, 0) is 4.79 Å². The second-order valence-electron chi connectivity index (χ2n) is 4.18. The molecule has 19 heavy (non-hydrogen) atoms. The van der Waals surface area contributed by atoms with Crippen LogP contribution in [0.2, 0.25) is 0 Å². The third kappa shape index (κ3) is 4.99. The molecule has 1 amide bonds. The molecule has 0 aromatic heterocycles. The van der Waals surface area contributed by atoms with Crippen LogP contribution in [0.1, 0.15) is 30.1 Å². The maximum Gasteiger partial charge on any atom is 0.303 e. The Bertz CT molecular complexity index is 428. The molecule has 1 rings (SSSR count). The summed E-state index contributed by atoms with van der Waals surface area (Å²) in [6, 6.07) is 6.92. The summed E-state index contributed by atoms with van der Waals surface area (Å²) >= 11 is 0. The summed E-state index contributed by atoms with van der Waals surface area (Å²) in [7, 11) is 1.67. The predicted octanol–water partition coefficient (Wildman–Crippen LogP) is 2.02. The van der Waals surface area contributed by atoms with Gasteiger partial charge in [0.15, 0.2) is 0 Å². The number of carbonyl (C=O) groups is 2. The predicted molar refractivity (Wildman–Crippen MR) is 71.4 cm³/mol. The highest BCUT2D eigenvalue weighted by atomic mass is 16.5. The summed E-state index contributed by atoms with van der Waals surface area (Å²) in [5.41, 5.74) is 0.571. The molecule has 0 aliphatic rings. The van der Waals surface area contributed by atoms with E-state index in [1.54, 1.807) is 31.3 Å². The molecular formula is C14H19NO4. The van der Waals surface area contributed by atoms with Gasteiger partial charge in [-0.05, 0) is 37.6 Å². The van der Waals surface area contributed by atoms with Crippen molar-refractivity contribution in [1.29, 1.82) is 0 Å². The first-order valence-electron chi connectivity index (χ1n) is 6.24. The normalized spacial score (nSPS) is 10.0. The molecule has 104 valence electrons. The number of nitrogens with zero attached hydrogens (tertiary/aromatic N) is 1. The van der Waals surface area contributed by atoms with Crippen LogP contribution in [0, 0.1) is 0 Å². The number of carbonyl (C=O) groups excluding carboxylic acids is 1. The number of ether oxygens (including phenoxy) is 1. The lowest BCUT2D eigenvalue weighted by Crippen LogP contribution is -2.28. The van der Waals surface area contributed by atoms with Gasteiger partial charge in [-0.2, -0.15) is 0 Å². The maximum atomic E-state index is 12.0. The second kappa shape index (κ2) is 7.41. The Kier molecular flexibility index (Phi) is 5.85. The summed E-state index contributed by atoms with van der Waals surface area (Å²) in [5.74, 6) is -0.233. The van der Waals surface area contributed by atoms with Crippen LogP contribution in [0.3, 0.4) is 0 Å². The fourth-order valence-electron chi connectivity index (χ4n) is 1.65. The monoisotopic (exact) mass is 265 g/mol. The van der Waals surface area contributed by atoms with Crippen molar-refractivity contribution in [2.45, 2.75) is 19.8 Å². The van der Waals surface area contributed by atoms with E-state index in [0.29, 0.717) is 25.1 Å². The van der Waals surface area contributed by atoms with Crippen molar-refractivity contribution in [3.05, 3.63) is 29.8 Å². The molecule has 1 aromatic rings. The number of carboxylic acid groups (broad SMARTS) is 1. The molecule has 0 atom stereocenters. The molecule has 1 aromatic carbocycles. The zero-order chi connectivity index (χ0) is 14.3. The number of rotatable bonds is 7. The molecule has 1 N–H and O–H groups in total. The molecule has 5 heteroatoms. The topological polar surface area (TPSA) is 66.8 Å². The summed E-state index contributed by atoms with van der Waals surface area (Å²) in [5, 5.41) is 8.55. The van der Waals surface area contributed by atoms with Crippen molar-refractivity contribution in [2.75, 3.05) is 20.2 Å². The van der Waals surface area contributed by atoms with Crippen molar-refractivity contribution in [3.63, 3.8) is 0 Å². The van der Waals surface area contributed by atoms with Crippen molar-refractivity contribution in [1.82, 2.24) is 4.90 Å². The highest BCUT2D eigenvalue weighted by molar-refractivity contribution is 5.94. The van der Waals surface area contributed by atoms with Gasteiger partial charge in [-0.15, -0.1) is 0 Å². The van der Waals surface area contributed by atoms with Gasteiger partial charge < -0.3 is 14.7 Å². The van der Waals surface area contributed by atoms with Gasteiger partial charge in [0, 0.05) is 25.6 Å². The van der Waals surface area contributed by atoms with Gasteiger partial charge in [-0.1, -0.05) is 0 Å². The number of benzene rings is 1. The van der Waals surface area contributed by atoms with E-state index in [2.05, 4.69) is 0 Å². The Labute approximate surface area is 112 Å². The average molecular weight is 265 g/mol. The van der Waals surface area contributed by atoms with Crippen LogP contribution < -0.4 is 4.74 Å². The average Bonchev–Trinajstić information content (AvgIpc) is 2.38. The summed E-state index contributed by atoms with van der Waals surface area (Å²) < 4.78 is 5.30. The van der Waals surface area contributed by atoms with Gasteiger partial charge in [-0.25, -0.2) is 0 Å². The van der Waals surface area contributed by atoms with Crippen molar-refractivity contribution in [2.24, 2.45) is 0 Å². The lowest BCUT2D eigenvalue weighted by atomic mass is 10.2. The van der Waals surface area contributed by atoms with Crippen LogP contribution >= 0.6 is 0 Å². The van der Waals surface area contributed by atoms with Gasteiger partial charge in [0.2, 0.25) is 0 Å². The molecule has 0 aliphatic heterocycles. The minimum Gasteiger partial charge on any atom is -0.494 e. The van der Waals surface area contributed by atoms with Gasteiger partial charge in [-0.3, -0.25) is 9.59 Å². The highest BCUT2D eigenvalue weighted by Crippen LogP contribution is 2.13. The Morgan fingerprint density at radius 3 is 2.42 bits per heavy atom. The Morgan fingerprint density at radius 2 is 1.89 bits per heavy atom. The van der Waals surface area contributed by atoms with Crippen LogP contribution in [0.5, 0.6) is 5.75 Å². The molecule has 0 fully saturated rings. The quantitative estimate of drug-likeness (QED) is 0.819. The van der Waals surface area contributed by atoms with Crippen LogP contribution in [0.15, 0.2) is 24.3 Å². The zero-order valence-corrected chi connectivity index (χ0v) is 11.3. The lowest BCUT2D eigenvalue weighted by molar-refractivity contribution is -0.137. The fraction of sp³-hybridized carbons (Fsp3) is 0.429. The molecule has 0 saturated carbocycles. The SMILES string of the molecule is CCOc1ccc(C(=O)N(C)CCCC(=O)O)cc1. The zero-order valence-electron chi connectivity index (χ0n) is 11.3. The highest BCUT2D eigenvalue weighted by Gasteiger charge is 2.11. The van der Waals surface area contributed by atoms with E-state index in [-0.39, 0.29) is 12.3 Å². The molecule has 0 spiro atoms. The van der Waals surface area contributed by atoms with E-state index >= 15 is 0 Å². The third-order valence-corrected chi connectivity index (χ3v) is 2.64. The van der Waals surface area contributed by atoms with Crippen molar-refractivity contribution in [3.8, 4) is 5.75 Å². The molecular weight excluding hydrogens is 246 g/mol. The number of amides is 1. The molecule has 0 bridgehead atoms. The minimum atomic E-state index is -0.845. The Morgan fingerprint density at radius 1 is 1.26 bits per heavy atom. The molecule has 0 aliphatic carbocycles. The Hall–Kier alpha value is -2.04. The summed E-state index contributed by atoms with van der Waals surface area (Å²) in [4.78, 5) is 24.0. The largest absolute Gasteiger partial charge is 0.494 e. The van der Waals surface area contributed by atoms with Gasteiger partial charge in [0.25, 0.3) is 5.91 Å². The molecule has 0 unspecified atom stereocenters. The van der Waals surface area contributed by atoms with Crippen LogP contribution in [0.4, 0.5) is 0 Å². The number of hydrogen-bond acceptors (Lipinski definition) is 3. The fourth-order valence-corrected chi connectivity index (χ4v) is 1.65. The van der Waals surface area contributed by atoms with Gasteiger partial charge in [0.05, 0.1) is 6.61 Å². The van der Waals surface area contributed by atoms with Crippen molar-refractivity contribution < 1.29 is 19.4 Å². The first-order chi connectivity index (χ1) is 9.04. The summed E-state index contributed by atoms with van der Waals surface area (Å²) in [6.07, 6.45) is 0.523. The van der Waals surface area contributed by atoms with E-state index < -0.39 is 5.97 Å². The second-order valence-corrected chi connectivity index (χ2v) is 4.18. The van der Waals surface area contributed by atoms with Crippen LogP contribution in [-0.4, -0.2) is 42.1 Å². The van der Waals surface area contributed by atoms with E-state index in [1.165, 1.54) is 4.90 Å². The number of aliphatic carboxylic acids is 1. The van der Waals surface area contributed by atoms with E-state index in [1.807, 2.05) is 6.92 Å². The van der Waals surface area contributed by atoms with Crippen molar-refractivity contribution >= 4 is 11.9 Å². The third-order valence-electron chi connectivity index (χ3n) is 2.64. The first-order valence-corrected chi connectivity index (χ1v) is 6.24. The maximum absolute atomic E-state index is 12.0.